The lowest BCUT2D eigenvalue weighted by Gasteiger charge is -2.26. The summed E-state index contributed by atoms with van der Waals surface area (Å²) in [6, 6.07) is 5.59. The Morgan fingerprint density at radius 2 is 1.96 bits per heavy atom. The SMILES string of the molecule is COc1ccc(/C=C(\C)C(=O)NCCCN2CCOCC2)cc1OC. The van der Waals surface area contributed by atoms with E-state index in [0.717, 1.165) is 44.8 Å². The lowest BCUT2D eigenvalue weighted by molar-refractivity contribution is -0.117. The van der Waals surface area contributed by atoms with Crippen LogP contribution in [0.3, 0.4) is 0 Å². The maximum absolute atomic E-state index is 12.2. The molecule has 1 N–H and O–H groups in total. The highest BCUT2D eigenvalue weighted by molar-refractivity contribution is 5.97. The van der Waals surface area contributed by atoms with E-state index in [1.807, 2.05) is 31.2 Å². The van der Waals surface area contributed by atoms with Crippen LogP contribution in [0.2, 0.25) is 0 Å². The molecule has 0 saturated carbocycles. The van der Waals surface area contributed by atoms with Crippen molar-refractivity contribution in [3.05, 3.63) is 29.3 Å². The Labute approximate surface area is 149 Å². The van der Waals surface area contributed by atoms with Crippen LogP contribution in [0.15, 0.2) is 23.8 Å². The zero-order valence-electron chi connectivity index (χ0n) is 15.3. The summed E-state index contributed by atoms with van der Waals surface area (Å²) in [5, 5.41) is 2.97. The standard InChI is InChI=1S/C19H28N2O4/c1-15(13-16-5-6-17(23-2)18(14-16)24-3)19(22)20-7-4-8-21-9-11-25-12-10-21/h5-6,13-14H,4,7-12H2,1-3H3,(H,20,22)/b15-13+. The molecule has 0 bridgehead atoms. The van der Waals surface area contributed by atoms with E-state index in [2.05, 4.69) is 10.2 Å². The van der Waals surface area contributed by atoms with Crippen LogP contribution in [0.4, 0.5) is 0 Å². The van der Waals surface area contributed by atoms with Crippen molar-refractivity contribution in [3.63, 3.8) is 0 Å². The first-order valence-corrected chi connectivity index (χ1v) is 8.62. The summed E-state index contributed by atoms with van der Waals surface area (Å²) in [7, 11) is 3.20. The fourth-order valence-electron chi connectivity index (χ4n) is 2.73. The van der Waals surface area contributed by atoms with Gasteiger partial charge in [0.2, 0.25) is 5.91 Å². The van der Waals surface area contributed by atoms with Gasteiger partial charge in [0.05, 0.1) is 27.4 Å². The van der Waals surface area contributed by atoms with Crippen molar-refractivity contribution in [2.24, 2.45) is 0 Å². The van der Waals surface area contributed by atoms with E-state index in [0.29, 0.717) is 23.6 Å². The van der Waals surface area contributed by atoms with Gasteiger partial charge in [-0.15, -0.1) is 0 Å². The third-order valence-electron chi connectivity index (χ3n) is 4.19. The minimum absolute atomic E-state index is 0.0447. The Bertz CT molecular complexity index is 595. The number of carbonyl (C=O) groups excluding carboxylic acids is 1. The Balaban J connectivity index is 1.81. The van der Waals surface area contributed by atoms with E-state index < -0.39 is 0 Å². The van der Waals surface area contributed by atoms with Gasteiger partial charge in [0.15, 0.2) is 11.5 Å². The van der Waals surface area contributed by atoms with Crippen molar-refractivity contribution in [1.82, 2.24) is 10.2 Å². The van der Waals surface area contributed by atoms with Gasteiger partial charge in [0, 0.05) is 25.2 Å². The molecule has 138 valence electrons. The summed E-state index contributed by atoms with van der Waals surface area (Å²) in [5.74, 6) is 1.27. The van der Waals surface area contributed by atoms with Gasteiger partial charge in [-0.05, 0) is 43.7 Å². The molecule has 1 aromatic carbocycles. The third-order valence-corrected chi connectivity index (χ3v) is 4.19. The van der Waals surface area contributed by atoms with Gasteiger partial charge in [0.1, 0.15) is 0 Å². The number of benzene rings is 1. The highest BCUT2D eigenvalue weighted by atomic mass is 16.5. The number of carbonyl (C=O) groups is 1. The summed E-state index contributed by atoms with van der Waals surface area (Å²) >= 11 is 0. The number of rotatable bonds is 8. The highest BCUT2D eigenvalue weighted by Crippen LogP contribution is 2.28. The number of morpholine rings is 1. The van der Waals surface area contributed by atoms with E-state index >= 15 is 0 Å². The zero-order valence-corrected chi connectivity index (χ0v) is 15.3. The van der Waals surface area contributed by atoms with Gasteiger partial charge in [-0.1, -0.05) is 6.07 Å². The number of nitrogens with one attached hydrogen (secondary N) is 1. The quantitative estimate of drug-likeness (QED) is 0.575. The lowest BCUT2D eigenvalue weighted by atomic mass is 10.1. The Kier molecular flexibility index (Phi) is 7.76. The summed E-state index contributed by atoms with van der Waals surface area (Å²) in [5.41, 5.74) is 1.57. The smallest absolute Gasteiger partial charge is 0.246 e. The summed E-state index contributed by atoms with van der Waals surface area (Å²) < 4.78 is 15.8. The van der Waals surface area contributed by atoms with Gasteiger partial charge in [0.25, 0.3) is 0 Å². The van der Waals surface area contributed by atoms with Crippen molar-refractivity contribution >= 4 is 12.0 Å². The Morgan fingerprint density at radius 3 is 2.64 bits per heavy atom. The molecular weight excluding hydrogens is 320 g/mol. The third kappa shape index (κ3) is 6.07. The van der Waals surface area contributed by atoms with Crippen LogP contribution in [0.1, 0.15) is 18.9 Å². The van der Waals surface area contributed by atoms with Gasteiger partial charge < -0.3 is 19.5 Å². The van der Waals surface area contributed by atoms with Gasteiger partial charge in [-0.25, -0.2) is 0 Å². The van der Waals surface area contributed by atoms with Crippen molar-refractivity contribution in [2.75, 3.05) is 53.6 Å². The molecule has 0 atom stereocenters. The van der Waals surface area contributed by atoms with Crippen molar-refractivity contribution in [1.29, 1.82) is 0 Å². The molecule has 1 saturated heterocycles. The second-order valence-corrected chi connectivity index (χ2v) is 6.01. The molecule has 1 amide bonds. The molecule has 0 aromatic heterocycles. The molecule has 0 aliphatic carbocycles. The fourth-order valence-corrected chi connectivity index (χ4v) is 2.73. The zero-order chi connectivity index (χ0) is 18.1. The van der Waals surface area contributed by atoms with Gasteiger partial charge in [-0.3, -0.25) is 9.69 Å². The molecule has 1 aromatic rings. The van der Waals surface area contributed by atoms with E-state index in [-0.39, 0.29) is 5.91 Å². The first-order valence-electron chi connectivity index (χ1n) is 8.62. The number of nitrogens with zero attached hydrogens (tertiary/aromatic N) is 1. The molecule has 0 spiro atoms. The molecule has 6 nitrogen and oxygen atoms in total. The second-order valence-electron chi connectivity index (χ2n) is 6.01. The maximum atomic E-state index is 12.2. The molecule has 1 fully saturated rings. The summed E-state index contributed by atoms with van der Waals surface area (Å²) in [4.78, 5) is 14.6. The normalized spacial score (nSPS) is 15.7. The van der Waals surface area contributed by atoms with Crippen LogP contribution >= 0.6 is 0 Å². The molecule has 2 rings (SSSR count). The summed E-state index contributed by atoms with van der Waals surface area (Å²) in [6.07, 6.45) is 2.79. The molecule has 0 unspecified atom stereocenters. The van der Waals surface area contributed by atoms with Crippen LogP contribution < -0.4 is 14.8 Å². The molecule has 1 heterocycles. The predicted molar refractivity (Wildman–Crippen MR) is 98.1 cm³/mol. The predicted octanol–water partition coefficient (Wildman–Crippen LogP) is 1.95. The van der Waals surface area contributed by atoms with Crippen molar-refractivity contribution < 1.29 is 19.0 Å². The minimum atomic E-state index is -0.0447. The number of hydrogen-bond donors (Lipinski definition) is 1. The topological polar surface area (TPSA) is 60.0 Å². The second kappa shape index (κ2) is 10.1. The molecule has 1 aliphatic rings. The van der Waals surface area contributed by atoms with Crippen LogP contribution in [0.25, 0.3) is 6.08 Å². The lowest BCUT2D eigenvalue weighted by Crippen LogP contribution is -2.38. The van der Waals surface area contributed by atoms with E-state index in [1.165, 1.54) is 0 Å². The first kappa shape index (κ1) is 19.3. The molecule has 0 radical (unpaired) electrons. The van der Waals surface area contributed by atoms with E-state index in [9.17, 15) is 4.79 Å². The largest absolute Gasteiger partial charge is 0.493 e. The van der Waals surface area contributed by atoms with E-state index in [4.69, 9.17) is 14.2 Å². The minimum Gasteiger partial charge on any atom is -0.493 e. The first-order chi connectivity index (χ1) is 12.1. The van der Waals surface area contributed by atoms with Crippen molar-refractivity contribution in [3.8, 4) is 11.5 Å². The monoisotopic (exact) mass is 348 g/mol. The average Bonchev–Trinajstić information content (AvgIpc) is 2.65. The fraction of sp³-hybridized carbons (Fsp3) is 0.526. The molecule has 1 aliphatic heterocycles. The maximum Gasteiger partial charge on any atom is 0.246 e. The number of amides is 1. The number of methoxy groups -OCH3 is 2. The van der Waals surface area contributed by atoms with Crippen LogP contribution in [-0.4, -0.2) is 64.4 Å². The van der Waals surface area contributed by atoms with Gasteiger partial charge >= 0.3 is 0 Å². The number of ether oxygens (including phenoxy) is 3. The van der Waals surface area contributed by atoms with Crippen LogP contribution in [-0.2, 0) is 9.53 Å². The van der Waals surface area contributed by atoms with Gasteiger partial charge in [-0.2, -0.15) is 0 Å². The molecule has 6 heteroatoms. The number of hydrogen-bond acceptors (Lipinski definition) is 5. The van der Waals surface area contributed by atoms with Crippen LogP contribution in [0.5, 0.6) is 11.5 Å². The average molecular weight is 348 g/mol. The van der Waals surface area contributed by atoms with Crippen molar-refractivity contribution in [2.45, 2.75) is 13.3 Å². The molecule has 25 heavy (non-hydrogen) atoms. The molecular formula is C19H28N2O4. The van der Waals surface area contributed by atoms with E-state index in [1.54, 1.807) is 14.2 Å². The highest BCUT2D eigenvalue weighted by Gasteiger charge is 2.10. The Hall–Kier alpha value is -2.05. The Morgan fingerprint density at radius 1 is 1.24 bits per heavy atom. The summed E-state index contributed by atoms with van der Waals surface area (Å²) in [6.45, 7) is 7.04. The van der Waals surface area contributed by atoms with Crippen LogP contribution in [0, 0.1) is 0 Å².